The fourth-order valence-electron chi connectivity index (χ4n) is 8.06. The molecule has 2 heterocycles. The molecular formula is C52H33NS2. The van der Waals surface area contributed by atoms with Crippen molar-refractivity contribution in [1.29, 1.82) is 0 Å². The molecule has 55 heavy (non-hydrogen) atoms. The lowest BCUT2D eigenvalue weighted by Crippen LogP contribution is -2.10. The maximum absolute atomic E-state index is 2.38. The Hall–Kier alpha value is -6.52. The Bertz CT molecular complexity index is 3200. The van der Waals surface area contributed by atoms with E-state index in [2.05, 4.69) is 205 Å². The standard InChI is InChI=1S/C52H33NS2/c1-2-9-37-30-39(17-16-34(37)8-1)35-18-24-42(25-19-35)53(43-26-20-36(21-27-43)40-23-29-51-48(32-40)46-13-4-6-15-50(46)54-51)44-11-7-10-38(31-44)41-22-28-47-45-12-3-5-14-49(45)55-52(47)33-41/h1-33H. The number of hydrogen-bond acceptors (Lipinski definition) is 3. The first kappa shape index (κ1) is 32.0. The van der Waals surface area contributed by atoms with Crippen LogP contribution in [0.3, 0.4) is 0 Å². The van der Waals surface area contributed by atoms with Gasteiger partial charge in [0.05, 0.1) is 0 Å². The molecule has 1 nitrogen and oxygen atoms in total. The molecule has 0 unspecified atom stereocenters. The van der Waals surface area contributed by atoms with Crippen LogP contribution < -0.4 is 4.90 Å². The molecule has 9 aromatic carbocycles. The molecule has 0 saturated heterocycles. The van der Waals surface area contributed by atoms with Gasteiger partial charge in [0.25, 0.3) is 0 Å². The van der Waals surface area contributed by atoms with Crippen molar-refractivity contribution in [3.05, 3.63) is 200 Å². The Kier molecular flexibility index (Phi) is 7.61. The molecule has 0 spiro atoms. The van der Waals surface area contributed by atoms with Crippen molar-refractivity contribution in [2.45, 2.75) is 0 Å². The lowest BCUT2D eigenvalue weighted by atomic mass is 10.00. The first-order chi connectivity index (χ1) is 27.2. The molecule has 0 aliphatic rings. The van der Waals surface area contributed by atoms with E-state index < -0.39 is 0 Å². The van der Waals surface area contributed by atoms with Gasteiger partial charge in [-0.3, -0.25) is 0 Å². The molecule has 258 valence electrons. The van der Waals surface area contributed by atoms with E-state index in [1.165, 1.54) is 84.5 Å². The third-order valence-corrected chi connectivity index (χ3v) is 13.1. The minimum absolute atomic E-state index is 1.11. The molecule has 0 aliphatic carbocycles. The zero-order chi connectivity index (χ0) is 36.3. The highest BCUT2D eigenvalue weighted by atomic mass is 32.1. The number of benzene rings is 9. The quantitative estimate of drug-likeness (QED) is 0.164. The first-order valence-corrected chi connectivity index (χ1v) is 20.3. The van der Waals surface area contributed by atoms with Gasteiger partial charge >= 0.3 is 0 Å². The summed E-state index contributed by atoms with van der Waals surface area (Å²) in [5, 5.41) is 7.80. The molecule has 0 N–H and O–H groups in total. The van der Waals surface area contributed by atoms with Gasteiger partial charge in [0.2, 0.25) is 0 Å². The van der Waals surface area contributed by atoms with Gasteiger partial charge in [0.15, 0.2) is 0 Å². The summed E-state index contributed by atoms with van der Waals surface area (Å²) in [6.45, 7) is 0. The molecule has 0 radical (unpaired) electrons. The minimum atomic E-state index is 1.11. The van der Waals surface area contributed by atoms with Crippen LogP contribution in [0.25, 0.3) is 84.5 Å². The van der Waals surface area contributed by atoms with Gasteiger partial charge in [0, 0.05) is 57.4 Å². The molecule has 0 atom stereocenters. The van der Waals surface area contributed by atoms with Crippen molar-refractivity contribution in [1.82, 2.24) is 0 Å². The average Bonchev–Trinajstić information content (AvgIpc) is 3.82. The second-order valence-electron chi connectivity index (χ2n) is 14.2. The predicted octanol–water partition coefficient (Wildman–Crippen LogP) is 16.0. The number of hydrogen-bond donors (Lipinski definition) is 0. The van der Waals surface area contributed by atoms with Gasteiger partial charge in [-0.05, 0) is 117 Å². The molecule has 11 rings (SSSR count). The summed E-state index contributed by atoms with van der Waals surface area (Å²) < 4.78 is 5.30. The number of fused-ring (bicyclic) bond motifs is 7. The average molecular weight is 736 g/mol. The maximum atomic E-state index is 2.38. The fourth-order valence-corrected chi connectivity index (χ4v) is 10.3. The van der Waals surface area contributed by atoms with Gasteiger partial charge in [-0.25, -0.2) is 0 Å². The van der Waals surface area contributed by atoms with Crippen molar-refractivity contribution < 1.29 is 0 Å². The Morgan fingerprint density at radius 1 is 0.255 bits per heavy atom. The summed E-state index contributed by atoms with van der Waals surface area (Å²) in [6, 6.07) is 73.5. The van der Waals surface area contributed by atoms with E-state index >= 15 is 0 Å². The van der Waals surface area contributed by atoms with Crippen molar-refractivity contribution in [3.63, 3.8) is 0 Å². The first-order valence-electron chi connectivity index (χ1n) is 18.6. The number of thiophene rings is 2. The van der Waals surface area contributed by atoms with Crippen molar-refractivity contribution >= 4 is 90.9 Å². The highest BCUT2D eigenvalue weighted by molar-refractivity contribution is 7.26. The zero-order valence-electron chi connectivity index (χ0n) is 29.8. The molecule has 0 saturated carbocycles. The molecule has 0 aliphatic heterocycles. The number of anilines is 3. The molecule has 0 fully saturated rings. The van der Waals surface area contributed by atoms with E-state index in [9.17, 15) is 0 Å². The van der Waals surface area contributed by atoms with Crippen LogP contribution >= 0.6 is 22.7 Å². The van der Waals surface area contributed by atoms with Crippen LogP contribution in [0.15, 0.2) is 200 Å². The van der Waals surface area contributed by atoms with Gasteiger partial charge in [0.1, 0.15) is 0 Å². The summed E-state index contributed by atoms with van der Waals surface area (Å²) in [5.74, 6) is 0. The number of rotatable bonds is 6. The maximum Gasteiger partial charge on any atom is 0.0467 e. The smallest absolute Gasteiger partial charge is 0.0467 e. The summed E-state index contributed by atoms with van der Waals surface area (Å²) >= 11 is 3.73. The van der Waals surface area contributed by atoms with E-state index in [1.54, 1.807) is 0 Å². The summed E-state index contributed by atoms with van der Waals surface area (Å²) in [4.78, 5) is 2.38. The van der Waals surface area contributed by atoms with E-state index in [1.807, 2.05) is 22.7 Å². The molecule has 0 bridgehead atoms. The SMILES string of the molecule is c1cc(-c2ccc3c(c2)sc2ccccc23)cc(N(c2ccc(-c3ccc4ccccc4c3)cc2)c2ccc(-c3ccc4sc5ccccc5c4c3)cc2)c1. The number of nitrogens with zero attached hydrogens (tertiary/aromatic N) is 1. The highest BCUT2D eigenvalue weighted by Crippen LogP contribution is 2.41. The van der Waals surface area contributed by atoms with E-state index in [0.29, 0.717) is 0 Å². The van der Waals surface area contributed by atoms with Crippen LogP contribution in [0.5, 0.6) is 0 Å². The van der Waals surface area contributed by atoms with E-state index in [4.69, 9.17) is 0 Å². The molecule has 2 aromatic heterocycles. The van der Waals surface area contributed by atoms with Crippen LogP contribution in [0.1, 0.15) is 0 Å². The van der Waals surface area contributed by atoms with Crippen molar-refractivity contribution in [3.8, 4) is 33.4 Å². The third kappa shape index (κ3) is 5.68. The van der Waals surface area contributed by atoms with Crippen LogP contribution in [-0.4, -0.2) is 0 Å². The molecule has 3 heteroatoms. The van der Waals surface area contributed by atoms with Crippen LogP contribution in [0.4, 0.5) is 17.1 Å². The Labute approximate surface area is 327 Å². The summed E-state index contributed by atoms with van der Waals surface area (Å²) in [5.41, 5.74) is 10.6. The van der Waals surface area contributed by atoms with Gasteiger partial charge in [-0.1, -0.05) is 127 Å². The van der Waals surface area contributed by atoms with Crippen LogP contribution in [-0.2, 0) is 0 Å². The predicted molar refractivity (Wildman–Crippen MR) is 241 cm³/mol. The fraction of sp³-hybridized carbons (Fsp3) is 0. The van der Waals surface area contributed by atoms with E-state index in [0.717, 1.165) is 17.1 Å². The Balaban J connectivity index is 0.995. The molecule has 11 aromatic rings. The Morgan fingerprint density at radius 2 is 0.764 bits per heavy atom. The minimum Gasteiger partial charge on any atom is -0.310 e. The monoisotopic (exact) mass is 735 g/mol. The topological polar surface area (TPSA) is 3.24 Å². The lowest BCUT2D eigenvalue weighted by molar-refractivity contribution is 1.28. The summed E-state index contributed by atoms with van der Waals surface area (Å²) in [6.07, 6.45) is 0. The van der Waals surface area contributed by atoms with Crippen LogP contribution in [0, 0.1) is 0 Å². The lowest BCUT2D eigenvalue weighted by Gasteiger charge is -2.26. The molecule has 0 amide bonds. The normalized spacial score (nSPS) is 11.6. The zero-order valence-corrected chi connectivity index (χ0v) is 31.4. The molecular weight excluding hydrogens is 703 g/mol. The van der Waals surface area contributed by atoms with Gasteiger partial charge in [-0.2, -0.15) is 0 Å². The largest absolute Gasteiger partial charge is 0.310 e. The van der Waals surface area contributed by atoms with Crippen molar-refractivity contribution in [2.75, 3.05) is 4.90 Å². The van der Waals surface area contributed by atoms with Crippen LogP contribution in [0.2, 0.25) is 0 Å². The van der Waals surface area contributed by atoms with Crippen molar-refractivity contribution in [2.24, 2.45) is 0 Å². The second kappa shape index (κ2) is 13.1. The second-order valence-corrected chi connectivity index (χ2v) is 16.3. The third-order valence-electron chi connectivity index (χ3n) is 10.9. The Morgan fingerprint density at radius 3 is 1.51 bits per heavy atom. The summed E-state index contributed by atoms with van der Waals surface area (Å²) in [7, 11) is 0. The van der Waals surface area contributed by atoms with Gasteiger partial charge in [-0.15, -0.1) is 22.7 Å². The van der Waals surface area contributed by atoms with E-state index in [-0.39, 0.29) is 0 Å². The van der Waals surface area contributed by atoms with Gasteiger partial charge < -0.3 is 4.90 Å². The highest BCUT2D eigenvalue weighted by Gasteiger charge is 2.16.